The first-order chi connectivity index (χ1) is 12.4. The lowest BCUT2D eigenvalue weighted by molar-refractivity contribution is 1.33. The fourth-order valence-electron chi connectivity index (χ4n) is 1.83. The van der Waals surface area contributed by atoms with Gasteiger partial charge in [-0.05, 0) is 34.9 Å². The fraction of sp³-hybridized carbons (Fsp3) is 0. The second-order valence-electron chi connectivity index (χ2n) is 4.91. The van der Waals surface area contributed by atoms with E-state index in [9.17, 15) is 0 Å². The lowest BCUT2D eigenvalue weighted by atomic mass is 10.4. The maximum Gasteiger partial charge on any atom is 0.0267 e. The molecule has 0 saturated heterocycles. The molecule has 124 valence electrons. The van der Waals surface area contributed by atoms with Crippen molar-refractivity contribution in [3.8, 4) is 0 Å². The van der Waals surface area contributed by atoms with Crippen molar-refractivity contribution in [1.29, 1.82) is 0 Å². The van der Waals surface area contributed by atoms with Gasteiger partial charge in [-0.25, -0.2) is 0 Å². The topological polar surface area (TPSA) is 25.8 Å². The van der Waals surface area contributed by atoms with Crippen molar-refractivity contribution in [2.24, 2.45) is 0 Å². The minimum Gasteiger partial charge on any atom is -0.265 e. The van der Waals surface area contributed by atoms with Crippen molar-refractivity contribution >= 4 is 19.2 Å². The Morgan fingerprint density at radius 3 is 0.960 bits per heavy atom. The van der Waals surface area contributed by atoms with Gasteiger partial charge in [0.1, 0.15) is 0 Å². The van der Waals surface area contributed by atoms with Crippen LogP contribution in [0.15, 0.2) is 122 Å². The van der Waals surface area contributed by atoms with Crippen molar-refractivity contribution in [3.05, 3.63) is 122 Å². The fourth-order valence-corrected chi connectivity index (χ4v) is 2.89. The smallest absolute Gasteiger partial charge is 0.0267 e. The van der Waals surface area contributed by atoms with E-state index in [0.29, 0.717) is 0 Å². The van der Waals surface area contributed by atoms with Crippen LogP contribution in [0, 0.1) is 0 Å². The molecule has 4 aromatic rings. The Balaban J connectivity index is 0.000000156. The van der Waals surface area contributed by atoms with Crippen LogP contribution < -0.4 is 10.6 Å². The molecule has 0 fully saturated rings. The first-order valence-corrected chi connectivity index (χ1v) is 9.02. The van der Waals surface area contributed by atoms with Gasteiger partial charge in [-0.15, -0.1) is 0 Å². The number of hydrogen-bond donors (Lipinski definition) is 0. The molecule has 0 spiro atoms. The molecule has 0 aliphatic rings. The third-order valence-corrected chi connectivity index (χ3v) is 4.21. The number of aromatic nitrogens is 2. The summed E-state index contributed by atoms with van der Waals surface area (Å²) in [7, 11) is 0.777. The van der Waals surface area contributed by atoms with Crippen LogP contribution >= 0.6 is 8.58 Å². The van der Waals surface area contributed by atoms with E-state index in [0.717, 1.165) is 8.58 Å². The minimum absolute atomic E-state index is 0.777. The minimum atomic E-state index is 0.777. The van der Waals surface area contributed by atoms with Crippen molar-refractivity contribution in [2.45, 2.75) is 0 Å². The molecular formula is C22H21N2P. The van der Waals surface area contributed by atoms with Crippen LogP contribution in [-0.4, -0.2) is 9.97 Å². The summed E-state index contributed by atoms with van der Waals surface area (Å²) in [4.78, 5) is 7.57. The molecule has 0 bridgehead atoms. The van der Waals surface area contributed by atoms with Gasteiger partial charge in [-0.3, -0.25) is 9.97 Å². The Labute approximate surface area is 151 Å². The van der Waals surface area contributed by atoms with Crippen LogP contribution in [0.5, 0.6) is 0 Å². The zero-order valence-electron chi connectivity index (χ0n) is 13.9. The molecule has 4 rings (SSSR count). The Hall–Kier alpha value is -2.83. The van der Waals surface area contributed by atoms with E-state index in [1.165, 1.54) is 10.6 Å². The Morgan fingerprint density at radius 1 is 0.400 bits per heavy atom. The van der Waals surface area contributed by atoms with Gasteiger partial charge in [0.25, 0.3) is 0 Å². The zero-order chi connectivity index (χ0) is 17.4. The zero-order valence-corrected chi connectivity index (χ0v) is 14.9. The average Bonchev–Trinajstić information content (AvgIpc) is 2.73. The molecule has 2 nitrogen and oxygen atoms in total. The first-order valence-electron chi connectivity index (χ1n) is 8.02. The van der Waals surface area contributed by atoms with E-state index in [1.807, 2.05) is 36.4 Å². The van der Waals surface area contributed by atoms with Crippen LogP contribution in [-0.2, 0) is 0 Å². The second-order valence-corrected chi connectivity index (χ2v) is 6.31. The van der Waals surface area contributed by atoms with E-state index in [4.69, 9.17) is 0 Å². The highest BCUT2D eigenvalue weighted by Crippen LogP contribution is 2.08. The highest BCUT2D eigenvalue weighted by Gasteiger charge is 1.92. The van der Waals surface area contributed by atoms with Crippen molar-refractivity contribution < 1.29 is 0 Å². The van der Waals surface area contributed by atoms with Crippen LogP contribution in [0.25, 0.3) is 0 Å². The molecule has 0 radical (unpaired) electrons. The summed E-state index contributed by atoms with van der Waals surface area (Å²) >= 11 is 0. The number of nitrogens with zero attached hydrogens (tertiary/aromatic N) is 2. The molecule has 25 heavy (non-hydrogen) atoms. The van der Waals surface area contributed by atoms with Gasteiger partial charge in [0, 0.05) is 24.8 Å². The molecule has 2 aromatic heterocycles. The van der Waals surface area contributed by atoms with E-state index >= 15 is 0 Å². The largest absolute Gasteiger partial charge is 0.265 e. The van der Waals surface area contributed by atoms with Gasteiger partial charge in [-0.2, -0.15) is 0 Å². The monoisotopic (exact) mass is 344 g/mol. The molecule has 0 unspecified atom stereocenters. The number of hydrogen-bond acceptors (Lipinski definition) is 2. The van der Waals surface area contributed by atoms with Gasteiger partial charge >= 0.3 is 0 Å². The van der Waals surface area contributed by atoms with E-state index in [-0.39, 0.29) is 0 Å². The van der Waals surface area contributed by atoms with Crippen molar-refractivity contribution in [3.63, 3.8) is 0 Å². The van der Waals surface area contributed by atoms with Crippen LogP contribution in [0.4, 0.5) is 0 Å². The maximum absolute atomic E-state index is 3.78. The summed E-state index contributed by atoms with van der Waals surface area (Å²) in [6.45, 7) is 0. The molecule has 0 N–H and O–H groups in total. The number of rotatable bonds is 2. The highest BCUT2D eigenvalue weighted by molar-refractivity contribution is 7.55. The first kappa shape index (κ1) is 18.5. The SMILES string of the molecule is c1ccc(Pc2ccccc2)cc1.c1ccncc1.c1ccncc1. The van der Waals surface area contributed by atoms with E-state index < -0.39 is 0 Å². The summed E-state index contributed by atoms with van der Waals surface area (Å²) in [6, 6.07) is 32.6. The molecular weight excluding hydrogens is 323 g/mol. The summed E-state index contributed by atoms with van der Waals surface area (Å²) in [5.41, 5.74) is 0. The van der Waals surface area contributed by atoms with E-state index in [2.05, 4.69) is 70.6 Å². The average molecular weight is 344 g/mol. The molecule has 0 aliphatic heterocycles. The molecule has 0 saturated carbocycles. The van der Waals surface area contributed by atoms with Crippen LogP contribution in [0.3, 0.4) is 0 Å². The summed E-state index contributed by atoms with van der Waals surface area (Å²) in [5, 5.41) is 2.79. The Bertz CT molecular complexity index is 641. The number of pyridine rings is 2. The third-order valence-electron chi connectivity index (χ3n) is 2.97. The second kappa shape index (κ2) is 12.6. The maximum atomic E-state index is 3.78. The molecule has 0 aliphatic carbocycles. The standard InChI is InChI=1S/C12H11P.2C5H5N/c1-3-7-11(8-4-1)13-12-9-5-2-6-10-12;2*1-2-4-6-5-3-1/h1-10,13H;2*1-5H. The predicted octanol–water partition coefficient (Wildman–Crippen LogP) is 4.48. The Morgan fingerprint density at radius 2 is 0.720 bits per heavy atom. The van der Waals surface area contributed by atoms with Crippen LogP contribution in [0.2, 0.25) is 0 Å². The van der Waals surface area contributed by atoms with Gasteiger partial charge < -0.3 is 0 Å². The lowest BCUT2D eigenvalue weighted by Crippen LogP contribution is -2.01. The summed E-state index contributed by atoms with van der Waals surface area (Å²) in [5.74, 6) is 0. The normalized spacial score (nSPS) is 8.96. The molecule has 2 aromatic carbocycles. The third kappa shape index (κ3) is 9.14. The predicted molar refractivity (Wildman–Crippen MR) is 109 cm³/mol. The summed E-state index contributed by atoms with van der Waals surface area (Å²) < 4.78 is 0. The highest BCUT2D eigenvalue weighted by atomic mass is 31.1. The summed E-state index contributed by atoms with van der Waals surface area (Å²) in [6.07, 6.45) is 7.00. The quantitative estimate of drug-likeness (QED) is 0.501. The Kier molecular flexibility index (Phi) is 9.31. The van der Waals surface area contributed by atoms with Crippen molar-refractivity contribution in [1.82, 2.24) is 9.97 Å². The molecule has 0 atom stereocenters. The van der Waals surface area contributed by atoms with Gasteiger partial charge in [0.2, 0.25) is 0 Å². The molecule has 2 heterocycles. The molecule has 0 amide bonds. The molecule has 3 heteroatoms. The number of benzene rings is 2. The van der Waals surface area contributed by atoms with Gasteiger partial charge in [-0.1, -0.05) is 81.4 Å². The van der Waals surface area contributed by atoms with Gasteiger partial charge in [0.15, 0.2) is 0 Å². The van der Waals surface area contributed by atoms with Crippen molar-refractivity contribution in [2.75, 3.05) is 0 Å². The van der Waals surface area contributed by atoms with Crippen LogP contribution in [0.1, 0.15) is 0 Å². The van der Waals surface area contributed by atoms with E-state index in [1.54, 1.807) is 24.8 Å². The lowest BCUT2D eigenvalue weighted by Gasteiger charge is -2.00. The van der Waals surface area contributed by atoms with Gasteiger partial charge in [0.05, 0.1) is 0 Å².